The predicted octanol–water partition coefficient (Wildman–Crippen LogP) is 1.67. The first-order valence-corrected chi connectivity index (χ1v) is 11.3. The molecular formula is C23H36N2O6. The van der Waals surface area contributed by atoms with Crippen LogP contribution in [0.3, 0.4) is 0 Å². The highest BCUT2D eigenvalue weighted by molar-refractivity contribution is 5.98. The molecule has 3 heterocycles. The number of carbonyl (C=O) groups is 3. The first kappa shape index (κ1) is 23.7. The number of amides is 2. The third-order valence-electron chi connectivity index (χ3n) is 7.47. The van der Waals surface area contributed by atoms with Gasteiger partial charge in [-0.2, -0.15) is 0 Å². The van der Waals surface area contributed by atoms with E-state index in [1.54, 1.807) is 17.9 Å². The predicted molar refractivity (Wildman–Crippen MR) is 114 cm³/mol. The van der Waals surface area contributed by atoms with Crippen molar-refractivity contribution in [1.29, 1.82) is 0 Å². The Labute approximate surface area is 184 Å². The molecular weight excluding hydrogens is 400 g/mol. The molecule has 174 valence electrons. The van der Waals surface area contributed by atoms with Gasteiger partial charge in [0.05, 0.1) is 30.1 Å². The maximum Gasteiger partial charge on any atom is 0.310 e. The van der Waals surface area contributed by atoms with Crippen molar-refractivity contribution in [3.63, 3.8) is 0 Å². The molecule has 0 radical (unpaired) electrons. The topological polar surface area (TPSA) is 107 Å². The Kier molecular flexibility index (Phi) is 6.54. The summed E-state index contributed by atoms with van der Waals surface area (Å²) in [6, 6.07) is -1.55. The summed E-state index contributed by atoms with van der Waals surface area (Å²) in [7, 11) is 0. The Morgan fingerprint density at radius 1 is 1.39 bits per heavy atom. The summed E-state index contributed by atoms with van der Waals surface area (Å²) in [6.45, 7) is 11.9. The van der Waals surface area contributed by atoms with E-state index in [0.29, 0.717) is 25.9 Å². The van der Waals surface area contributed by atoms with Crippen LogP contribution in [0.25, 0.3) is 0 Å². The van der Waals surface area contributed by atoms with Crippen LogP contribution in [0.4, 0.5) is 0 Å². The quantitative estimate of drug-likeness (QED) is 0.505. The monoisotopic (exact) mass is 436 g/mol. The van der Waals surface area contributed by atoms with E-state index in [1.807, 2.05) is 20.8 Å². The lowest BCUT2D eigenvalue weighted by Gasteiger charge is -2.40. The van der Waals surface area contributed by atoms with Gasteiger partial charge in [-0.3, -0.25) is 14.4 Å². The van der Waals surface area contributed by atoms with Gasteiger partial charge in [0.1, 0.15) is 11.6 Å². The number of hydrogen-bond donors (Lipinski definition) is 2. The zero-order chi connectivity index (χ0) is 23.1. The first-order valence-electron chi connectivity index (χ1n) is 11.3. The van der Waals surface area contributed by atoms with Crippen molar-refractivity contribution in [2.24, 2.45) is 17.8 Å². The molecule has 3 saturated heterocycles. The van der Waals surface area contributed by atoms with Gasteiger partial charge in [-0.25, -0.2) is 0 Å². The molecule has 1 spiro atoms. The Balaban J connectivity index is 2.12. The Morgan fingerprint density at radius 2 is 2.06 bits per heavy atom. The minimum absolute atomic E-state index is 0.112. The zero-order valence-corrected chi connectivity index (χ0v) is 19.0. The molecule has 3 aliphatic heterocycles. The second-order valence-corrected chi connectivity index (χ2v) is 9.73. The maximum atomic E-state index is 13.9. The summed E-state index contributed by atoms with van der Waals surface area (Å²) in [5.74, 6) is -3.77. The largest absolute Gasteiger partial charge is 0.481 e. The molecule has 2 N–H and O–H groups in total. The number of aliphatic hydroxyl groups excluding tert-OH is 1. The molecule has 3 aliphatic rings. The highest BCUT2D eigenvalue weighted by atomic mass is 16.5. The number of carbonyl (C=O) groups excluding carboxylic acids is 2. The summed E-state index contributed by atoms with van der Waals surface area (Å²) < 4.78 is 6.39. The van der Waals surface area contributed by atoms with Crippen molar-refractivity contribution in [2.45, 2.75) is 76.7 Å². The van der Waals surface area contributed by atoms with E-state index in [9.17, 15) is 24.6 Å². The van der Waals surface area contributed by atoms with E-state index in [1.165, 1.54) is 4.90 Å². The van der Waals surface area contributed by atoms with Crippen molar-refractivity contribution in [3.05, 3.63) is 12.7 Å². The molecule has 8 nitrogen and oxygen atoms in total. The number of hydrogen-bond acceptors (Lipinski definition) is 5. The molecule has 0 aromatic carbocycles. The maximum absolute atomic E-state index is 13.9. The summed E-state index contributed by atoms with van der Waals surface area (Å²) in [5, 5.41) is 20.1. The lowest BCUT2D eigenvalue weighted by atomic mass is 9.66. The number of aliphatic carboxylic acids is 1. The first-order chi connectivity index (χ1) is 14.6. The lowest BCUT2D eigenvalue weighted by molar-refractivity contribution is -0.159. The van der Waals surface area contributed by atoms with Crippen molar-refractivity contribution in [3.8, 4) is 0 Å². The van der Waals surface area contributed by atoms with Gasteiger partial charge in [0.15, 0.2) is 0 Å². The van der Waals surface area contributed by atoms with Crippen LogP contribution < -0.4 is 0 Å². The number of carboxylic acids is 1. The van der Waals surface area contributed by atoms with Gasteiger partial charge < -0.3 is 24.7 Å². The van der Waals surface area contributed by atoms with E-state index in [2.05, 4.69) is 6.58 Å². The Bertz CT molecular complexity index is 754. The third-order valence-corrected chi connectivity index (χ3v) is 7.47. The van der Waals surface area contributed by atoms with Gasteiger partial charge in [-0.15, -0.1) is 6.58 Å². The fourth-order valence-corrected chi connectivity index (χ4v) is 5.97. The van der Waals surface area contributed by atoms with Crippen molar-refractivity contribution >= 4 is 17.8 Å². The number of fused-ring (bicyclic) bond motifs is 1. The second-order valence-electron chi connectivity index (χ2n) is 9.73. The Morgan fingerprint density at radius 3 is 2.58 bits per heavy atom. The summed E-state index contributed by atoms with van der Waals surface area (Å²) in [5.41, 5.74) is -2.16. The van der Waals surface area contributed by atoms with E-state index in [0.717, 1.165) is 12.8 Å². The van der Waals surface area contributed by atoms with Gasteiger partial charge >= 0.3 is 5.97 Å². The SMILES string of the molecule is C=CCN(CCCC)C(=O)C1N([C@@H](CO)C(C)C)C(=O)[C@@H]2[C@H](C(=O)O)[C@]3(C)CCC12O3. The molecule has 6 atom stereocenters. The van der Waals surface area contributed by atoms with Gasteiger partial charge in [0.25, 0.3) is 0 Å². The van der Waals surface area contributed by atoms with Gasteiger partial charge in [-0.05, 0) is 32.1 Å². The van der Waals surface area contributed by atoms with E-state index >= 15 is 0 Å². The number of likely N-dealkylation sites (tertiary alicyclic amines) is 1. The number of carboxylic acid groups (broad SMARTS) is 1. The average molecular weight is 437 g/mol. The molecule has 3 fully saturated rings. The fourth-order valence-electron chi connectivity index (χ4n) is 5.97. The molecule has 2 bridgehead atoms. The average Bonchev–Trinajstić information content (AvgIpc) is 3.26. The van der Waals surface area contributed by atoms with Crippen LogP contribution in [-0.2, 0) is 19.1 Å². The molecule has 0 aromatic rings. The smallest absolute Gasteiger partial charge is 0.310 e. The van der Waals surface area contributed by atoms with Crippen LogP contribution in [0.1, 0.15) is 53.4 Å². The minimum atomic E-state index is -1.18. The highest BCUT2D eigenvalue weighted by Crippen LogP contribution is 2.63. The molecule has 2 amide bonds. The van der Waals surface area contributed by atoms with E-state index in [-0.39, 0.29) is 18.4 Å². The summed E-state index contributed by atoms with van der Waals surface area (Å²) in [4.78, 5) is 43.0. The molecule has 0 saturated carbocycles. The minimum Gasteiger partial charge on any atom is -0.481 e. The van der Waals surface area contributed by atoms with Crippen LogP contribution in [-0.4, -0.2) is 80.8 Å². The standard InChI is InChI=1S/C23H36N2O6/c1-6-8-12-24(11-7-2)20(28)18-23-10-9-22(5,31-23)17(21(29)30)16(23)19(27)25(18)15(13-26)14(3)4/h7,14-18,26H,2,6,8-13H2,1,3-5H3,(H,29,30)/t15-,16-,17+,18?,22-,23?/m0/s1. The van der Waals surface area contributed by atoms with Crippen molar-refractivity contribution < 1.29 is 29.3 Å². The Hall–Kier alpha value is -1.93. The van der Waals surface area contributed by atoms with Crippen LogP contribution in [0.2, 0.25) is 0 Å². The molecule has 0 aliphatic carbocycles. The number of unbranched alkanes of at least 4 members (excludes halogenated alkanes) is 1. The molecule has 0 aromatic heterocycles. The number of aliphatic hydroxyl groups is 1. The number of nitrogens with zero attached hydrogens (tertiary/aromatic N) is 2. The fraction of sp³-hybridized carbons (Fsp3) is 0.783. The van der Waals surface area contributed by atoms with Gasteiger partial charge in [0.2, 0.25) is 11.8 Å². The molecule has 8 heteroatoms. The lowest BCUT2D eigenvalue weighted by Crippen LogP contribution is -2.59. The van der Waals surface area contributed by atoms with E-state index < -0.39 is 47.0 Å². The zero-order valence-electron chi connectivity index (χ0n) is 19.0. The van der Waals surface area contributed by atoms with Gasteiger partial charge in [0, 0.05) is 13.1 Å². The van der Waals surface area contributed by atoms with Crippen molar-refractivity contribution in [1.82, 2.24) is 9.80 Å². The second kappa shape index (κ2) is 8.54. The number of rotatable bonds is 10. The van der Waals surface area contributed by atoms with Crippen LogP contribution in [0.5, 0.6) is 0 Å². The van der Waals surface area contributed by atoms with Crippen LogP contribution in [0, 0.1) is 17.8 Å². The third kappa shape index (κ3) is 3.48. The van der Waals surface area contributed by atoms with Crippen LogP contribution >= 0.6 is 0 Å². The summed E-state index contributed by atoms with van der Waals surface area (Å²) in [6.07, 6.45) is 4.30. The van der Waals surface area contributed by atoms with Crippen LogP contribution in [0.15, 0.2) is 12.7 Å². The van der Waals surface area contributed by atoms with E-state index in [4.69, 9.17) is 4.74 Å². The molecule has 2 unspecified atom stereocenters. The highest BCUT2D eigenvalue weighted by Gasteiger charge is 2.78. The number of ether oxygens (including phenoxy) is 1. The normalized spacial score (nSPS) is 34.8. The molecule has 3 rings (SSSR count). The summed E-state index contributed by atoms with van der Waals surface area (Å²) >= 11 is 0. The van der Waals surface area contributed by atoms with Gasteiger partial charge in [-0.1, -0.05) is 33.3 Å². The van der Waals surface area contributed by atoms with Crippen molar-refractivity contribution in [2.75, 3.05) is 19.7 Å². The molecule has 31 heavy (non-hydrogen) atoms.